The van der Waals surface area contributed by atoms with Gasteiger partial charge in [0.05, 0.1) is 0 Å². The predicted molar refractivity (Wildman–Crippen MR) is 72.4 cm³/mol. The van der Waals surface area contributed by atoms with Crippen LogP contribution >= 0.6 is 11.5 Å². The van der Waals surface area contributed by atoms with Crippen LogP contribution in [0, 0.1) is 6.92 Å². The lowest BCUT2D eigenvalue weighted by Gasteiger charge is -2.33. The number of nitrogens with zero attached hydrogens (tertiary/aromatic N) is 3. The molecule has 0 aliphatic carbocycles. The van der Waals surface area contributed by atoms with E-state index in [1.807, 2.05) is 36.1 Å². The van der Waals surface area contributed by atoms with Gasteiger partial charge in [0, 0.05) is 24.5 Å². The van der Waals surface area contributed by atoms with E-state index in [4.69, 9.17) is 0 Å². The SMILES string of the molecule is Cc1nsc(N2Cc3ccccc3CC2C(=O)O)n1. The van der Waals surface area contributed by atoms with Gasteiger partial charge in [0.1, 0.15) is 11.9 Å². The molecular weight excluding hydrogens is 262 g/mol. The Morgan fingerprint density at radius 2 is 2.16 bits per heavy atom. The van der Waals surface area contributed by atoms with Crippen molar-refractivity contribution in [3.63, 3.8) is 0 Å². The molecule has 1 aromatic carbocycles. The summed E-state index contributed by atoms with van der Waals surface area (Å²) in [6.07, 6.45) is 0.504. The van der Waals surface area contributed by atoms with E-state index in [-0.39, 0.29) is 0 Å². The standard InChI is InChI=1S/C13H13N3O2S/c1-8-14-13(19-15-8)16-7-10-5-3-2-4-9(10)6-11(16)12(17)18/h2-5,11H,6-7H2,1H3,(H,17,18). The van der Waals surface area contributed by atoms with Gasteiger partial charge in [-0.25, -0.2) is 9.78 Å². The summed E-state index contributed by atoms with van der Waals surface area (Å²) < 4.78 is 4.14. The molecule has 1 aromatic heterocycles. The number of hydrogen-bond acceptors (Lipinski definition) is 5. The van der Waals surface area contributed by atoms with Gasteiger partial charge in [-0.05, 0) is 18.1 Å². The third-order valence-electron chi connectivity index (χ3n) is 3.30. The fourth-order valence-electron chi connectivity index (χ4n) is 2.35. The highest BCUT2D eigenvalue weighted by Gasteiger charge is 2.33. The highest BCUT2D eigenvalue weighted by atomic mass is 32.1. The zero-order chi connectivity index (χ0) is 13.4. The molecule has 0 saturated carbocycles. The van der Waals surface area contributed by atoms with Crippen molar-refractivity contribution in [1.29, 1.82) is 0 Å². The summed E-state index contributed by atoms with van der Waals surface area (Å²) in [6.45, 7) is 2.38. The molecule has 0 spiro atoms. The third-order valence-corrected chi connectivity index (χ3v) is 4.14. The van der Waals surface area contributed by atoms with E-state index in [0.29, 0.717) is 23.9 Å². The summed E-state index contributed by atoms with van der Waals surface area (Å²) in [7, 11) is 0. The molecule has 19 heavy (non-hydrogen) atoms. The summed E-state index contributed by atoms with van der Waals surface area (Å²) in [5, 5.41) is 10.1. The lowest BCUT2D eigenvalue weighted by Crippen LogP contribution is -2.45. The number of carboxylic acids is 1. The number of aromatic nitrogens is 2. The van der Waals surface area contributed by atoms with Crippen LogP contribution in [-0.2, 0) is 17.8 Å². The van der Waals surface area contributed by atoms with Crippen molar-refractivity contribution in [1.82, 2.24) is 9.36 Å². The summed E-state index contributed by atoms with van der Waals surface area (Å²) in [5.74, 6) is -0.134. The number of hydrogen-bond donors (Lipinski definition) is 1. The largest absolute Gasteiger partial charge is 0.480 e. The van der Waals surface area contributed by atoms with Crippen LogP contribution in [0.4, 0.5) is 5.13 Å². The Morgan fingerprint density at radius 3 is 2.79 bits per heavy atom. The molecule has 1 atom stereocenters. The lowest BCUT2D eigenvalue weighted by atomic mass is 9.94. The molecule has 2 aromatic rings. The van der Waals surface area contributed by atoms with E-state index in [9.17, 15) is 9.90 Å². The molecule has 1 N–H and O–H groups in total. The first-order valence-corrected chi connectivity index (χ1v) is 6.79. The molecule has 0 bridgehead atoms. The monoisotopic (exact) mass is 275 g/mol. The minimum atomic E-state index is -0.817. The number of carbonyl (C=O) groups is 1. The van der Waals surface area contributed by atoms with E-state index in [2.05, 4.69) is 9.36 Å². The van der Waals surface area contributed by atoms with E-state index < -0.39 is 12.0 Å². The van der Waals surface area contributed by atoms with Crippen molar-refractivity contribution < 1.29 is 9.90 Å². The van der Waals surface area contributed by atoms with Crippen molar-refractivity contribution >= 4 is 22.6 Å². The van der Waals surface area contributed by atoms with Gasteiger partial charge in [0.15, 0.2) is 0 Å². The maximum atomic E-state index is 11.5. The summed E-state index contributed by atoms with van der Waals surface area (Å²) in [6, 6.07) is 7.39. The molecule has 0 fully saturated rings. The Kier molecular flexibility index (Phi) is 2.94. The van der Waals surface area contributed by atoms with Gasteiger partial charge in [-0.15, -0.1) is 0 Å². The topological polar surface area (TPSA) is 66.3 Å². The zero-order valence-corrected chi connectivity index (χ0v) is 11.2. The zero-order valence-electron chi connectivity index (χ0n) is 10.4. The quantitative estimate of drug-likeness (QED) is 0.906. The normalized spacial score (nSPS) is 18.2. The molecule has 0 saturated heterocycles. The Bertz CT molecular complexity index is 626. The molecule has 1 unspecified atom stereocenters. The Hall–Kier alpha value is -1.95. The van der Waals surface area contributed by atoms with E-state index in [1.54, 1.807) is 0 Å². The van der Waals surface area contributed by atoms with E-state index in [1.165, 1.54) is 11.5 Å². The van der Waals surface area contributed by atoms with Gasteiger partial charge in [0.2, 0.25) is 5.13 Å². The Labute approximate surface area is 114 Å². The number of carboxylic acid groups (broad SMARTS) is 1. The van der Waals surface area contributed by atoms with Crippen LogP contribution in [-0.4, -0.2) is 26.5 Å². The van der Waals surface area contributed by atoms with Crippen LogP contribution in [0.15, 0.2) is 24.3 Å². The van der Waals surface area contributed by atoms with Crippen molar-refractivity contribution in [2.45, 2.75) is 25.9 Å². The van der Waals surface area contributed by atoms with Crippen molar-refractivity contribution in [2.75, 3.05) is 4.90 Å². The van der Waals surface area contributed by atoms with Crippen LogP contribution in [0.1, 0.15) is 17.0 Å². The molecule has 2 heterocycles. The summed E-state index contributed by atoms with van der Waals surface area (Å²) >= 11 is 1.25. The molecule has 3 rings (SSSR count). The molecule has 1 aliphatic rings. The van der Waals surface area contributed by atoms with Crippen LogP contribution < -0.4 is 4.90 Å². The highest BCUT2D eigenvalue weighted by Crippen LogP contribution is 2.29. The minimum Gasteiger partial charge on any atom is -0.480 e. The molecule has 6 heteroatoms. The fraction of sp³-hybridized carbons (Fsp3) is 0.308. The highest BCUT2D eigenvalue weighted by molar-refractivity contribution is 7.09. The van der Waals surface area contributed by atoms with Gasteiger partial charge < -0.3 is 10.0 Å². The first kappa shape index (κ1) is 12.1. The molecule has 5 nitrogen and oxygen atoms in total. The van der Waals surface area contributed by atoms with E-state index in [0.717, 1.165) is 11.1 Å². The number of aryl methyl sites for hydroxylation is 1. The van der Waals surface area contributed by atoms with Crippen LogP contribution in [0.2, 0.25) is 0 Å². The third kappa shape index (κ3) is 2.19. The predicted octanol–water partition coefficient (Wildman–Crippen LogP) is 1.86. The maximum Gasteiger partial charge on any atom is 0.326 e. The van der Waals surface area contributed by atoms with Crippen molar-refractivity contribution in [3.05, 3.63) is 41.2 Å². The molecular formula is C13H13N3O2S. The number of aliphatic carboxylic acids is 1. The van der Waals surface area contributed by atoms with Crippen molar-refractivity contribution in [2.24, 2.45) is 0 Å². The summed E-state index contributed by atoms with van der Waals surface area (Å²) in [5.41, 5.74) is 2.26. The molecule has 0 amide bonds. The average Bonchev–Trinajstić information content (AvgIpc) is 2.83. The summed E-state index contributed by atoms with van der Waals surface area (Å²) in [4.78, 5) is 17.6. The van der Waals surface area contributed by atoms with Crippen LogP contribution in [0.5, 0.6) is 0 Å². The van der Waals surface area contributed by atoms with Crippen molar-refractivity contribution in [3.8, 4) is 0 Å². The first-order chi connectivity index (χ1) is 9.15. The fourth-order valence-corrected chi connectivity index (χ4v) is 3.07. The molecule has 98 valence electrons. The lowest BCUT2D eigenvalue weighted by molar-refractivity contribution is -0.138. The second kappa shape index (κ2) is 4.62. The first-order valence-electron chi connectivity index (χ1n) is 6.01. The van der Waals surface area contributed by atoms with Gasteiger partial charge in [0.25, 0.3) is 0 Å². The van der Waals surface area contributed by atoms with Crippen LogP contribution in [0.3, 0.4) is 0 Å². The van der Waals surface area contributed by atoms with Crippen LogP contribution in [0.25, 0.3) is 0 Å². The van der Waals surface area contributed by atoms with Gasteiger partial charge >= 0.3 is 5.97 Å². The number of benzene rings is 1. The average molecular weight is 275 g/mol. The number of fused-ring (bicyclic) bond motifs is 1. The molecule has 0 radical (unpaired) electrons. The van der Waals surface area contributed by atoms with Gasteiger partial charge in [-0.3, -0.25) is 0 Å². The van der Waals surface area contributed by atoms with Gasteiger partial charge in [-0.2, -0.15) is 4.37 Å². The minimum absolute atomic E-state index is 0.504. The Morgan fingerprint density at radius 1 is 1.42 bits per heavy atom. The smallest absolute Gasteiger partial charge is 0.326 e. The second-order valence-electron chi connectivity index (χ2n) is 4.58. The second-order valence-corrected chi connectivity index (χ2v) is 5.31. The molecule has 1 aliphatic heterocycles. The number of rotatable bonds is 2. The van der Waals surface area contributed by atoms with Gasteiger partial charge in [-0.1, -0.05) is 24.3 Å². The maximum absolute atomic E-state index is 11.5. The number of anilines is 1. The van der Waals surface area contributed by atoms with E-state index >= 15 is 0 Å². The Balaban J connectivity index is 2.00.